The average molecular weight is 384 g/mol. The Kier molecular flexibility index (Phi) is 7.34. The van der Waals surface area contributed by atoms with Crippen LogP contribution in [0.15, 0.2) is 42.5 Å². The Morgan fingerprint density at radius 2 is 2.00 bits per heavy atom. The van der Waals surface area contributed by atoms with E-state index in [9.17, 15) is 14.7 Å². The predicted octanol–water partition coefficient (Wildman–Crippen LogP) is 0.969. The van der Waals surface area contributed by atoms with Crippen LogP contribution in [-0.2, 0) is 12.0 Å². The molecule has 0 saturated heterocycles. The molecule has 1 aliphatic rings. The monoisotopic (exact) mass is 384 g/mol. The maximum atomic E-state index is 10.8. The van der Waals surface area contributed by atoms with E-state index in [0.29, 0.717) is 17.5 Å². The number of nitrogens with one attached hydrogen (secondary N) is 1. The molecule has 0 radical (unpaired) electrons. The van der Waals surface area contributed by atoms with E-state index in [1.807, 2.05) is 18.2 Å². The molecule has 0 bridgehead atoms. The van der Waals surface area contributed by atoms with E-state index < -0.39 is 5.97 Å². The highest BCUT2D eigenvalue weighted by molar-refractivity contribution is 6.27. The topological polar surface area (TPSA) is 133 Å². The molecule has 7 nitrogen and oxygen atoms in total. The zero-order chi connectivity index (χ0) is 20.7. The van der Waals surface area contributed by atoms with Gasteiger partial charge in [0.15, 0.2) is 0 Å². The molecule has 6 N–H and O–H groups in total. The van der Waals surface area contributed by atoms with Gasteiger partial charge in [-0.05, 0) is 49.6 Å². The Labute approximate surface area is 164 Å². The summed E-state index contributed by atoms with van der Waals surface area (Å²) in [6.45, 7) is 0. The molecule has 1 saturated carbocycles. The number of para-hydroxylation sites is 1. The zero-order valence-corrected chi connectivity index (χ0v) is 15.8. The minimum Gasteiger partial charge on any atom is -0.507 e. The third kappa shape index (κ3) is 5.42. The van der Waals surface area contributed by atoms with Crippen LogP contribution in [0.4, 0.5) is 0 Å². The van der Waals surface area contributed by atoms with Crippen molar-refractivity contribution in [3.8, 4) is 5.75 Å². The van der Waals surface area contributed by atoms with Crippen LogP contribution >= 0.6 is 0 Å². The van der Waals surface area contributed by atoms with Crippen molar-refractivity contribution in [2.24, 2.45) is 5.73 Å². The third-order valence-corrected chi connectivity index (χ3v) is 4.83. The number of phenols is 1. The Bertz CT molecular complexity index is 835. The van der Waals surface area contributed by atoms with Crippen LogP contribution in [0.5, 0.6) is 5.75 Å². The van der Waals surface area contributed by atoms with Crippen molar-refractivity contribution < 1.29 is 24.8 Å². The number of likely N-dealkylation sites (N-methyl/N-ethyl adjacent to an activating group) is 1. The first-order valence-corrected chi connectivity index (χ1v) is 9.01. The standard InChI is InChI=1S/C10H14BNO4.C10H11NO/c1-12-8(11-16)5-6-3-2-4-7(9(6)13)10(14)15;11-10(4-5-10)9-3-1-2-8(6-9)7-12/h2-4,8,11-13,16H,5H2,1H3,(H,14,15);1-3,6-7H,4-5,11H2. The molecule has 2 aromatic rings. The van der Waals surface area contributed by atoms with Gasteiger partial charge >= 0.3 is 5.97 Å². The maximum absolute atomic E-state index is 10.8. The van der Waals surface area contributed by atoms with Crippen molar-refractivity contribution in [2.45, 2.75) is 30.7 Å². The van der Waals surface area contributed by atoms with Crippen LogP contribution in [0.3, 0.4) is 0 Å². The SMILES string of the molecule is CNC(BO)Cc1cccc(C(=O)O)c1O.NC1(c2cccc(C=O)c2)CC1. The molecule has 0 aromatic heterocycles. The molecule has 0 spiro atoms. The Morgan fingerprint density at radius 1 is 1.32 bits per heavy atom. The van der Waals surface area contributed by atoms with Gasteiger partial charge in [0.05, 0.1) is 0 Å². The smallest absolute Gasteiger partial charge is 0.339 e. The Morgan fingerprint density at radius 3 is 2.54 bits per heavy atom. The number of benzene rings is 2. The van der Waals surface area contributed by atoms with Crippen LogP contribution in [-0.4, -0.2) is 48.0 Å². The second kappa shape index (κ2) is 9.50. The molecule has 28 heavy (non-hydrogen) atoms. The van der Waals surface area contributed by atoms with Gasteiger partial charge in [0, 0.05) is 17.0 Å². The van der Waals surface area contributed by atoms with Crippen LogP contribution in [0.25, 0.3) is 0 Å². The quantitative estimate of drug-likeness (QED) is 0.355. The number of aldehydes is 1. The first kappa shape index (κ1) is 21.6. The lowest BCUT2D eigenvalue weighted by Gasteiger charge is -2.13. The minimum atomic E-state index is -1.16. The van der Waals surface area contributed by atoms with Crippen molar-refractivity contribution in [1.29, 1.82) is 0 Å². The van der Waals surface area contributed by atoms with Crippen LogP contribution in [0, 0.1) is 0 Å². The molecule has 148 valence electrons. The fourth-order valence-corrected chi connectivity index (χ4v) is 2.80. The Balaban J connectivity index is 0.000000207. The van der Waals surface area contributed by atoms with Gasteiger partial charge in [0.25, 0.3) is 7.48 Å². The highest BCUT2D eigenvalue weighted by atomic mass is 16.4. The number of rotatable bonds is 7. The molecule has 1 fully saturated rings. The third-order valence-electron chi connectivity index (χ3n) is 4.83. The van der Waals surface area contributed by atoms with Gasteiger partial charge in [-0.15, -0.1) is 0 Å². The molecule has 0 aliphatic heterocycles. The number of carbonyl (C=O) groups is 2. The predicted molar refractivity (Wildman–Crippen MR) is 108 cm³/mol. The van der Waals surface area contributed by atoms with Gasteiger partial charge < -0.3 is 26.3 Å². The molecule has 8 heteroatoms. The number of carbonyl (C=O) groups excluding carboxylic acids is 1. The van der Waals surface area contributed by atoms with E-state index >= 15 is 0 Å². The van der Waals surface area contributed by atoms with Crippen LogP contribution in [0.1, 0.15) is 44.7 Å². The van der Waals surface area contributed by atoms with E-state index in [-0.39, 0.29) is 30.3 Å². The minimum absolute atomic E-state index is 0.0762. The van der Waals surface area contributed by atoms with Gasteiger partial charge in [-0.2, -0.15) is 0 Å². The fraction of sp³-hybridized carbons (Fsp3) is 0.300. The molecular formula is C20H25BN2O5. The summed E-state index contributed by atoms with van der Waals surface area (Å²) >= 11 is 0. The summed E-state index contributed by atoms with van der Waals surface area (Å²) < 4.78 is 0. The molecule has 2 aromatic carbocycles. The van der Waals surface area contributed by atoms with Gasteiger partial charge in [-0.25, -0.2) is 4.79 Å². The summed E-state index contributed by atoms with van der Waals surface area (Å²) in [7, 11) is 1.62. The van der Waals surface area contributed by atoms with Crippen molar-refractivity contribution in [3.05, 3.63) is 64.7 Å². The summed E-state index contributed by atoms with van der Waals surface area (Å²) in [4.78, 5) is 21.2. The molecule has 0 amide bonds. The van der Waals surface area contributed by atoms with Crippen molar-refractivity contribution >= 4 is 19.7 Å². The summed E-state index contributed by atoms with van der Waals surface area (Å²) in [5.41, 5.74) is 8.04. The van der Waals surface area contributed by atoms with Gasteiger partial charge in [-0.1, -0.05) is 30.3 Å². The van der Waals surface area contributed by atoms with E-state index in [1.165, 1.54) is 6.07 Å². The lowest BCUT2D eigenvalue weighted by Crippen LogP contribution is -2.33. The van der Waals surface area contributed by atoms with Crippen molar-refractivity contribution in [3.63, 3.8) is 0 Å². The van der Waals surface area contributed by atoms with Crippen LogP contribution in [0.2, 0.25) is 0 Å². The lowest BCUT2D eigenvalue weighted by molar-refractivity contribution is 0.0693. The van der Waals surface area contributed by atoms with Crippen molar-refractivity contribution in [1.82, 2.24) is 5.32 Å². The number of hydrogen-bond acceptors (Lipinski definition) is 6. The molecule has 0 heterocycles. The normalized spacial score (nSPS) is 15.0. The van der Waals surface area contributed by atoms with Gasteiger partial charge in [-0.3, -0.25) is 4.79 Å². The maximum Gasteiger partial charge on any atom is 0.339 e. The highest BCUT2D eigenvalue weighted by Gasteiger charge is 2.39. The average Bonchev–Trinajstić information content (AvgIpc) is 3.46. The Hall–Kier alpha value is -2.68. The second-order valence-corrected chi connectivity index (χ2v) is 6.89. The van der Waals surface area contributed by atoms with Gasteiger partial charge in [0.2, 0.25) is 0 Å². The number of aromatic hydroxyl groups is 1. The molecule has 3 rings (SSSR count). The number of nitrogens with two attached hydrogens (primary N) is 1. The van der Waals surface area contributed by atoms with Crippen molar-refractivity contribution in [2.75, 3.05) is 7.05 Å². The molecule has 1 atom stereocenters. The number of carboxylic acids is 1. The summed E-state index contributed by atoms with van der Waals surface area (Å²) in [5, 5.41) is 30.4. The summed E-state index contributed by atoms with van der Waals surface area (Å²) in [6.07, 6.45) is 3.31. The molecule has 1 aliphatic carbocycles. The first-order valence-electron chi connectivity index (χ1n) is 9.01. The first-order chi connectivity index (χ1) is 13.3. The van der Waals surface area contributed by atoms with Crippen LogP contribution < -0.4 is 11.1 Å². The molecule has 1 unspecified atom stereocenters. The molecular weight excluding hydrogens is 359 g/mol. The fourth-order valence-electron chi connectivity index (χ4n) is 2.80. The highest BCUT2D eigenvalue weighted by Crippen LogP contribution is 2.42. The lowest BCUT2D eigenvalue weighted by atomic mass is 9.83. The number of aromatic carboxylic acids is 1. The van der Waals surface area contributed by atoms with E-state index in [2.05, 4.69) is 5.32 Å². The van der Waals surface area contributed by atoms with E-state index in [1.54, 1.807) is 25.2 Å². The summed E-state index contributed by atoms with van der Waals surface area (Å²) in [6, 6.07) is 12.1. The summed E-state index contributed by atoms with van der Waals surface area (Å²) in [5.74, 6) is -1.59. The number of carboxylic acid groups (broad SMARTS) is 1. The van der Waals surface area contributed by atoms with E-state index in [4.69, 9.17) is 15.9 Å². The second-order valence-electron chi connectivity index (χ2n) is 6.89. The van der Waals surface area contributed by atoms with E-state index in [0.717, 1.165) is 24.7 Å². The zero-order valence-electron chi connectivity index (χ0n) is 15.8. The van der Waals surface area contributed by atoms with Gasteiger partial charge in [0.1, 0.15) is 17.6 Å². The largest absolute Gasteiger partial charge is 0.507 e. The number of hydrogen-bond donors (Lipinski definition) is 5.